The van der Waals surface area contributed by atoms with Gasteiger partial charge >= 0.3 is 0 Å². The van der Waals surface area contributed by atoms with Crippen molar-refractivity contribution < 1.29 is 4.79 Å². The van der Waals surface area contributed by atoms with E-state index in [0.717, 1.165) is 22.0 Å². The minimum Gasteiger partial charge on any atom is -0.326 e. The van der Waals surface area contributed by atoms with E-state index in [-0.39, 0.29) is 12.3 Å². The summed E-state index contributed by atoms with van der Waals surface area (Å²) in [5.74, 6) is -0.0488. The molecule has 3 rings (SSSR count). The Morgan fingerprint density at radius 1 is 1.14 bits per heavy atom. The molecule has 0 bridgehead atoms. The normalized spacial score (nSPS) is 10.4. The Labute approximate surface area is 133 Å². The van der Waals surface area contributed by atoms with Crippen LogP contribution in [0.25, 0.3) is 10.6 Å². The van der Waals surface area contributed by atoms with Crippen LogP contribution >= 0.6 is 11.3 Å². The Hall–Kier alpha value is -2.46. The first-order chi connectivity index (χ1) is 10.7. The summed E-state index contributed by atoms with van der Waals surface area (Å²) in [4.78, 5) is 16.6. The van der Waals surface area contributed by atoms with Crippen LogP contribution in [0.2, 0.25) is 0 Å². The molecule has 1 aromatic heterocycles. The van der Waals surface area contributed by atoms with E-state index in [4.69, 9.17) is 0 Å². The Morgan fingerprint density at radius 3 is 2.73 bits per heavy atom. The van der Waals surface area contributed by atoms with Crippen LogP contribution < -0.4 is 5.32 Å². The van der Waals surface area contributed by atoms with Crippen molar-refractivity contribution in [2.24, 2.45) is 0 Å². The van der Waals surface area contributed by atoms with Gasteiger partial charge in [0.25, 0.3) is 0 Å². The minimum absolute atomic E-state index is 0.0488. The number of para-hydroxylation sites is 1. The van der Waals surface area contributed by atoms with E-state index in [1.807, 2.05) is 47.8 Å². The Bertz CT molecular complexity index is 781. The standard InChI is InChI=1S/C18H16N2OS/c1-13-6-5-7-14(10-13)18-20-16(12-22-18)11-17(21)19-15-8-3-2-4-9-15/h2-10,12H,11H2,1H3,(H,19,21). The van der Waals surface area contributed by atoms with Crippen LogP contribution in [0.3, 0.4) is 0 Å². The lowest BCUT2D eigenvalue weighted by molar-refractivity contribution is -0.115. The molecule has 0 aliphatic heterocycles. The highest BCUT2D eigenvalue weighted by Crippen LogP contribution is 2.24. The zero-order chi connectivity index (χ0) is 15.4. The number of hydrogen-bond donors (Lipinski definition) is 1. The highest BCUT2D eigenvalue weighted by atomic mass is 32.1. The quantitative estimate of drug-likeness (QED) is 0.781. The van der Waals surface area contributed by atoms with Crippen molar-refractivity contribution in [3.8, 4) is 10.6 Å². The van der Waals surface area contributed by atoms with Crippen molar-refractivity contribution in [2.45, 2.75) is 13.3 Å². The molecular weight excluding hydrogens is 292 g/mol. The van der Waals surface area contributed by atoms with Gasteiger partial charge in [-0.15, -0.1) is 11.3 Å². The predicted octanol–water partition coefficient (Wildman–Crippen LogP) is 4.30. The molecule has 1 amide bonds. The molecule has 0 atom stereocenters. The number of hydrogen-bond acceptors (Lipinski definition) is 3. The van der Waals surface area contributed by atoms with Crippen molar-refractivity contribution in [2.75, 3.05) is 5.32 Å². The van der Waals surface area contributed by atoms with Crippen LogP contribution in [0, 0.1) is 6.92 Å². The third-order valence-electron chi connectivity index (χ3n) is 3.22. The first-order valence-corrected chi connectivity index (χ1v) is 7.95. The lowest BCUT2D eigenvalue weighted by Crippen LogP contribution is -2.14. The molecule has 0 spiro atoms. The molecule has 22 heavy (non-hydrogen) atoms. The molecule has 0 aliphatic carbocycles. The Balaban J connectivity index is 1.68. The molecule has 0 fully saturated rings. The van der Waals surface area contributed by atoms with Crippen LogP contribution in [0.5, 0.6) is 0 Å². The molecular formula is C18H16N2OS. The van der Waals surface area contributed by atoms with E-state index < -0.39 is 0 Å². The number of amides is 1. The number of anilines is 1. The van der Waals surface area contributed by atoms with Gasteiger partial charge in [-0.1, -0.05) is 42.0 Å². The fraction of sp³-hybridized carbons (Fsp3) is 0.111. The minimum atomic E-state index is -0.0488. The maximum atomic E-state index is 12.0. The average molecular weight is 308 g/mol. The van der Waals surface area contributed by atoms with Crippen LogP contribution in [-0.2, 0) is 11.2 Å². The van der Waals surface area contributed by atoms with E-state index in [0.29, 0.717) is 0 Å². The molecule has 1 heterocycles. The van der Waals surface area contributed by atoms with Crippen LogP contribution in [0.15, 0.2) is 60.0 Å². The topological polar surface area (TPSA) is 42.0 Å². The maximum Gasteiger partial charge on any atom is 0.230 e. The molecule has 0 unspecified atom stereocenters. The SMILES string of the molecule is Cc1cccc(-c2nc(CC(=O)Nc3ccccc3)cs2)c1. The zero-order valence-electron chi connectivity index (χ0n) is 12.2. The molecule has 0 saturated carbocycles. The van der Waals surface area contributed by atoms with Crippen molar-refractivity contribution in [1.29, 1.82) is 0 Å². The molecule has 3 aromatic rings. The Morgan fingerprint density at radius 2 is 1.95 bits per heavy atom. The fourth-order valence-corrected chi connectivity index (χ4v) is 3.01. The fourth-order valence-electron chi connectivity index (χ4n) is 2.19. The smallest absolute Gasteiger partial charge is 0.230 e. The lowest BCUT2D eigenvalue weighted by Gasteiger charge is -2.03. The van der Waals surface area contributed by atoms with Crippen molar-refractivity contribution in [1.82, 2.24) is 4.98 Å². The highest BCUT2D eigenvalue weighted by Gasteiger charge is 2.09. The number of aryl methyl sites for hydroxylation is 1. The predicted molar refractivity (Wildman–Crippen MR) is 91.1 cm³/mol. The van der Waals surface area contributed by atoms with Gasteiger partial charge < -0.3 is 5.32 Å². The van der Waals surface area contributed by atoms with E-state index in [1.54, 1.807) is 11.3 Å². The van der Waals surface area contributed by atoms with Gasteiger partial charge in [0.1, 0.15) is 5.01 Å². The highest BCUT2D eigenvalue weighted by molar-refractivity contribution is 7.13. The molecule has 110 valence electrons. The number of carbonyl (C=O) groups is 1. The van der Waals surface area contributed by atoms with Crippen molar-refractivity contribution in [3.05, 3.63) is 71.2 Å². The maximum absolute atomic E-state index is 12.0. The number of nitrogens with zero attached hydrogens (tertiary/aromatic N) is 1. The van der Waals surface area contributed by atoms with Crippen LogP contribution in [0.4, 0.5) is 5.69 Å². The summed E-state index contributed by atoms with van der Waals surface area (Å²) in [6.45, 7) is 2.06. The van der Waals surface area contributed by atoms with Gasteiger partial charge in [-0.2, -0.15) is 0 Å². The Kier molecular flexibility index (Phi) is 4.30. The van der Waals surface area contributed by atoms with Gasteiger partial charge in [0.05, 0.1) is 12.1 Å². The first kappa shape index (κ1) is 14.5. The van der Waals surface area contributed by atoms with E-state index >= 15 is 0 Å². The third-order valence-corrected chi connectivity index (χ3v) is 4.16. The van der Waals surface area contributed by atoms with Gasteiger partial charge in [-0.25, -0.2) is 4.98 Å². The van der Waals surface area contributed by atoms with Crippen LogP contribution in [0.1, 0.15) is 11.3 Å². The second-order valence-corrected chi connectivity index (χ2v) is 5.96. The first-order valence-electron chi connectivity index (χ1n) is 7.07. The van der Waals surface area contributed by atoms with Gasteiger partial charge in [-0.3, -0.25) is 4.79 Å². The van der Waals surface area contributed by atoms with Gasteiger partial charge in [0.2, 0.25) is 5.91 Å². The summed E-state index contributed by atoms with van der Waals surface area (Å²) in [6.07, 6.45) is 0.289. The number of nitrogens with one attached hydrogen (secondary N) is 1. The van der Waals surface area contributed by atoms with Crippen molar-refractivity contribution >= 4 is 22.9 Å². The summed E-state index contributed by atoms with van der Waals surface area (Å²) in [7, 11) is 0. The van der Waals surface area contributed by atoms with Gasteiger partial charge in [0.15, 0.2) is 0 Å². The molecule has 0 saturated heterocycles. The van der Waals surface area contributed by atoms with E-state index in [1.165, 1.54) is 5.56 Å². The van der Waals surface area contributed by atoms with Crippen LogP contribution in [-0.4, -0.2) is 10.9 Å². The number of thiazole rings is 1. The number of rotatable bonds is 4. The van der Waals surface area contributed by atoms with E-state index in [9.17, 15) is 4.79 Å². The number of benzene rings is 2. The average Bonchev–Trinajstić information content (AvgIpc) is 2.96. The third kappa shape index (κ3) is 3.59. The second kappa shape index (κ2) is 6.54. The molecule has 3 nitrogen and oxygen atoms in total. The van der Waals surface area contributed by atoms with Gasteiger partial charge in [-0.05, 0) is 25.1 Å². The molecule has 2 aromatic carbocycles. The van der Waals surface area contributed by atoms with Crippen molar-refractivity contribution in [3.63, 3.8) is 0 Å². The molecule has 0 aliphatic rings. The summed E-state index contributed by atoms with van der Waals surface area (Å²) in [6, 6.07) is 17.7. The largest absolute Gasteiger partial charge is 0.326 e. The van der Waals surface area contributed by atoms with E-state index in [2.05, 4.69) is 29.4 Å². The van der Waals surface area contributed by atoms with Gasteiger partial charge in [0, 0.05) is 16.6 Å². The second-order valence-electron chi connectivity index (χ2n) is 5.10. The summed E-state index contributed by atoms with van der Waals surface area (Å²) >= 11 is 1.57. The summed E-state index contributed by atoms with van der Waals surface area (Å²) < 4.78 is 0. The molecule has 4 heteroatoms. The molecule has 1 N–H and O–H groups in total. The lowest BCUT2D eigenvalue weighted by atomic mass is 10.1. The summed E-state index contributed by atoms with van der Waals surface area (Å²) in [5.41, 5.74) is 3.91. The monoisotopic (exact) mass is 308 g/mol. The number of carbonyl (C=O) groups excluding carboxylic acids is 1. The number of aromatic nitrogens is 1. The molecule has 0 radical (unpaired) electrons. The zero-order valence-corrected chi connectivity index (χ0v) is 13.1. The summed E-state index contributed by atoms with van der Waals surface area (Å²) in [5, 5.41) is 5.77.